The van der Waals surface area contributed by atoms with E-state index in [-0.39, 0.29) is 0 Å². The van der Waals surface area contributed by atoms with E-state index in [0.29, 0.717) is 5.78 Å². The molecule has 0 spiro atoms. The highest BCUT2D eigenvalue weighted by atomic mass is 35.5. The average Bonchev–Trinajstić information content (AvgIpc) is 3.23. The summed E-state index contributed by atoms with van der Waals surface area (Å²) in [5.41, 5.74) is 3.00. The molecule has 0 amide bonds. The molecule has 162 valence electrons. The molecule has 4 rings (SSSR count). The number of hydrogen-bond donors (Lipinski definition) is 2. The Labute approximate surface area is 187 Å². The Morgan fingerprint density at radius 2 is 1.68 bits per heavy atom. The van der Waals surface area contributed by atoms with Gasteiger partial charge in [-0.3, -0.25) is 4.98 Å². The highest BCUT2D eigenvalue weighted by Gasteiger charge is 2.05. The van der Waals surface area contributed by atoms with Gasteiger partial charge in [0, 0.05) is 47.1 Å². The average molecular weight is 438 g/mol. The molecule has 2 N–H and O–H groups in total. The number of nitrogens with zero attached hydrogens (tertiary/aromatic N) is 5. The Kier molecular flexibility index (Phi) is 7.14. The number of anilines is 2. The molecule has 0 aliphatic carbocycles. The number of hydrogen-bond acceptors (Lipinski definition) is 6. The van der Waals surface area contributed by atoms with Crippen LogP contribution in [-0.4, -0.2) is 37.7 Å². The molecule has 0 radical (unpaired) electrons. The van der Waals surface area contributed by atoms with Gasteiger partial charge >= 0.3 is 0 Å². The fraction of sp³-hybridized carbons (Fsp3) is 0.391. The molecule has 0 saturated heterocycles. The number of nitrogens with one attached hydrogen (secondary N) is 2. The quantitative estimate of drug-likeness (QED) is 0.301. The standard InChI is InChI=1S/C23H28ClN7/c1-17-14-22(31-23(30-17)28-16-29-31)27-12-7-5-3-2-4-6-11-25-20-10-13-26-21-15-18(24)8-9-19(20)21/h8-10,13-16,27H,2-7,11-12H2,1H3,(H,25,26). The van der Waals surface area contributed by atoms with E-state index in [2.05, 4.69) is 30.7 Å². The summed E-state index contributed by atoms with van der Waals surface area (Å²) in [4.78, 5) is 12.9. The summed E-state index contributed by atoms with van der Waals surface area (Å²) in [5, 5.41) is 13.1. The maximum absolute atomic E-state index is 6.06. The molecule has 4 aromatic rings. The second-order valence-electron chi connectivity index (χ2n) is 7.75. The highest BCUT2D eigenvalue weighted by molar-refractivity contribution is 6.31. The van der Waals surface area contributed by atoms with E-state index in [4.69, 9.17) is 11.6 Å². The van der Waals surface area contributed by atoms with Gasteiger partial charge in [-0.2, -0.15) is 14.6 Å². The first-order chi connectivity index (χ1) is 15.2. The van der Waals surface area contributed by atoms with Gasteiger partial charge in [0.25, 0.3) is 5.78 Å². The molecule has 0 aliphatic heterocycles. The number of aryl methyl sites for hydroxylation is 1. The number of rotatable bonds is 11. The Hall–Kier alpha value is -2.93. The van der Waals surface area contributed by atoms with Crippen molar-refractivity contribution in [2.45, 2.75) is 45.4 Å². The highest BCUT2D eigenvalue weighted by Crippen LogP contribution is 2.24. The summed E-state index contributed by atoms with van der Waals surface area (Å²) in [6.45, 7) is 3.87. The third kappa shape index (κ3) is 5.61. The first-order valence-corrected chi connectivity index (χ1v) is 11.3. The van der Waals surface area contributed by atoms with Crippen LogP contribution in [0.3, 0.4) is 0 Å². The summed E-state index contributed by atoms with van der Waals surface area (Å²) in [7, 11) is 0. The minimum atomic E-state index is 0.639. The minimum absolute atomic E-state index is 0.639. The SMILES string of the molecule is Cc1cc(NCCCCCCCCNc2ccnc3cc(Cl)ccc23)n2ncnc2n1. The van der Waals surface area contributed by atoms with Crippen molar-refractivity contribution in [2.24, 2.45) is 0 Å². The topological polar surface area (TPSA) is 80.0 Å². The normalized spacial score (nSPS) is 11.3. The Bertz CT molecular complexity index is 1140. The van der Waals surface area contributed by atoms with Gasteiger partial charge in [-0.05, 0) is 44.0 Å². The minimum Gasteiger partial charge on any atom is -0.384 e. The predicted molar refractivity (Wildman–Crippen MR) is 127 cm³/mol. The summed E-state index contributed by atoms with van der Waals surface area (Å²) >= 11 is 6.06. The number of aromatic nitrogens is 5. The molecule has 3 heterocycles. The summed E-state index contributed by atoms with van der Waals surface area (Å²) in [6, 6.07) is 9.88. The predicted octanol–water partition coefficient (Wildman–Crippen LogP) is 5.50. The van der Waals surface area contributed by atoms with Crippen molar-refractivity contribution in [3.05, 3.63) is 53.6 Å². The largest absolute Gasteiger partial charge is 0.384 e. The van der Waals surface area contributed by atoms with E-state index in [9.17, 15) is 0 Å². The van der Waals surface area contributed by atoms with Gasteiger partial charge in [0.05, 0.1) is 5.52 Å². The van der Waals surface area contributed by atoms with Gasteiger partial charge in [0.1, 0.15) is 12.1 Å². The van der Waals surface area contributed by atoms with E-state index in [1.165, 1.54) is 32.0 Å². The number of benzene rings is 1. The van der Waals surface area contributed by atoms with Gasteiger partial charge in [-0.25, -0.2) is 4.98 Å². The van der Waals surface area contributed by atoms with Crippen molar-refractivity contribution < 1.29 is 0 Å². The lowest BCUT2D eigenvalue weighted by molar-refractivity contribution is 0.609. The second kappa shape index (κ2) is 10.4. The number of unbranched alkanes of at least 4 members (excludes halogenated alkanes) is 5. The van der Waals surface area contributed by atoms with Crippen LogP contribution in [0.5, 0.6) is 0 Å². The van der Waals surface area contributed by atoms with Crippen LogP contribution in [0.4, 0.5) is 11.5 Å². The monoisotopic (exact) mass is 437 g/mol. The van der Waals surface area contributed by atoms with Crippen LogP contribution in [0.15, 0.2) is 42.9 Å². The molecule has 0 unspecified atom stereocenters. The zero-order valence-corrected chi connectivity index (χ0v) is 18.6. The van der Waals surface area contributed by atoms with Gasteiger partial charge in [-0.15, -0.1) is 0 Å². The number of fused-ring (bicyclic) bond motifs is 2. The van der Waals surface area contributed by atoms with Crippen molar-refractivity contribution in [1.29, 1.82) is 0 Å². The second-order valence-corrected chi connectivity index (χ2v) is 8.19. The molecule has 31 heavy (non-hydrogen) atoms. The molecular weight excluding hydrogens is 410 g/mol. The molecule has 0 fully saturated rings. The lowest BCUT2D eigenvalue weighted by atomic mass is 10.1. The van der Waals surface area contributed by atoms with E-state index in [1.54, 1.807) is 4.52 Å². The van der Waals surface area contributed by atoms with Crippen LogP contribution < -0.4 is 10.6 Å². The van der Waals surface area contributed by atoms with Crippen molar-refractivity contribution in [3.8, 4) is 0 Å². The molecule has 0 saturated carbocycles. The molecule has 8 heteroatoms. The zero-order valence-electron chi connectivity index (χ0n) is 17.8. The lowest BCUT2D eigenvalue weighted by Crippen LogP contribution is -2.08. The van der Waals surface area contributed by atoms with Crippen molar-refractivity contribution >= 4 is 39.8 Å². The fourth-order valence-corrected chi connectivity index (χ4v) is 3.89. The number of halogens is 1. The van der Waals surface area contributed by atoms with Crippen LogP contribution in [0.25, 0.3) is 16.7 Å². The molecule has 1 aromatic carbocycles. The molecule has 0 atom stereocenters. The van der Waals surface area contributed by atoms with E-state index in [1.807, 2.05) is 43.5 Å². The lowest BCUT2D eigenvalue weighted by Gasteiger charge is -2.10. The smallest absolute Gasteiger partial charge is 0.254 e. The number of pyridine rings is 1. The van der Waals surface area contributed by atoms with Crippen LogP contribution >= 0.6 is 11.6 Å². The summed E-state index contributed by atoms with van der Waals surface area (Å²) in [6.07, 6.45) is 10.6. The first kappa shape index (κ1) is 21.3. The van der Waals surface area contributed by atoms with Crippen molar-refractivity contribution in [3.63, 3.8) is 0 Å². The Morgan fingerprint density at radius 1 is 0.903 bits per heavy atom. The van der Waals surface area contributed by atoms with E-state index in [0.717, 1.165) is 59.1 Å². The van der Waals surface area contributed by atoms with Crippen molar-refractivity contribution in [2.75, 3.05) is 23.7 Å². The Morgan fingerprint density at radius 3 is 2.52 bits per heavy atom. The van der Waals surface area contributed by atoms with Crippen LogP contribution in [0, 0.1) is 6.92 Å². The molecule has 0 bridgehead atoms. The molecular formula is C23H28ClN7. The van der Waals surface area contributed by atoms with Crippen LogP contribution in [0.1, 0.15) is 44.2 Å². The van der Waals surface area contributed by atoms with E-state index >= 15 is 0 Å². The summed E-state index contributed by atoms with van der Waals surface area (Å²) < 4.78 is 1.75. The summed E-state index contributed by atoms with van der Waals surface area (Å²) in [5.74, 6) is 1.59. The molecule has 7 nitrogen and oxygen atoms in total. The first-order valence-electron chi connectivity index (χ1n) is 10.9. The third-order valence-electron chi connectivity index (χ3n) is 5.31. The van der Waals surface area contributed by atoms with Gasteiger partial charge in [0.2, 0.25) is 0 Å². The fourth-order valence-electron chi connectivity index (χ4n) is 3.73. The van der Waals surface area contributed by atoms with Gasteiger partial charge in [0.15, 0.2) is 0 Å². The molecule has 3 aromatic heterocycles. The van der Waals surface area contributed by atoms with Crippen molar-refractivity contribution in [1.82, 2.24) is 24.6 Å². The maximum Gasteiger partial charge on any atom is 0.254 e. The van der Waals surface area contributed by atoms with Gasteiger partial charge < -0.3 is 10.6 Å². The van der Waals surface area contributed by atoms with Crippen LogP contribution in [-0.2, 0) is 0 Å². The van der Waals surface area contributed by atoms with Gasteiger partial charge in [-0.1, -0.05) is 37.3 Å². The third-order valence-corrected chi connectivity index (χ3v) is 5.54. The molecule has 0 aliphatic rings. The van der Waals surface area contributed by atoms with Crippen LogP contribution in [0.2, 0.25) is 5.02 Å². The van der Waals surface area contributed by atoms with E-state index < -0.39 is 0 Å². The maximum atomic E-state index is 6.06. The zero-order chi connectivity index (χ0) is 21.5. The Balaban J connectivity index is 1.09.